The molecule has 0 bridgehead atoms. The van der Waals surface area contributed by atoms with Crippen LogP contribution in [-0.4, -0.2) is 24.2 Å². The normalized spacial score (nSPS) is 25.0. The molecule has 0 aromatic heterocycles. The molecule has 0 radical (unpaired) electrons. The van der Waals surface area contributed by atoms with E-state index in [2.05, 4.69) is 46.7 Å². The fraction of sp³-hybridized carbons (Fsp3) is 0.611. The van der Waals surface area contributed by atoms with Crippen molar-refractivity contribution in [3.63, 3.8) is 0 Å². The number of anilines is 2. The highest BCUT2D eigenvalue weighted by Gasteiger charge is 2.22. The fourth-order valence-electron chi connectivity index (χ4n) is 3.67. The van der Waals surface area contributed by atoms with Crippen LogP contribution >= 0.6 is 12.2 Å². The van der Waals surface area contributed by atoms with Crippen LogP contribution in [-0.2, 0) is 0 Å². The average Bonchev–Trinajstić information content (AvgIpc) is 3.04. The lowest BCUT2D eigenvalue weighted by atomic mass is 9.86. The van der Waals surface area contributed by atoms with Crippen molar-refractivity contribution >= 4 is 28.7 Å². The van der Waals surface area contributed by atoms with Gasteiger partial charge in [-0.1, -0.05) is 31.9 Å². The van der Waals surface area contributed by atoms with Crippen molar-refractivity contribution in [2.24, 2.45) is 5.92 Å². The zero-order valence-electron chi connectivity index (χ0n) is 13.5. The molecule has 3 rings (SSSR count). The first-order valence-corrected chi connectivity index (χ1v) is 9.06. The molecule has 1 heterocycles. The molecule has 1 saturated carbocycles. The van der Waals surface area contributed by atoms with E-state index in [0.717, 1.165) is 23.9 Å². The summed E-state index contributed by atoms with van der Waals surface area (Å²) >= 11 is 5.56. The zero-order valence-corrected chi connectivity index (χ0v) is 14.3. The molecule has 1 aliphatic carbocycles. The Morgan fingerprint density at radius 1 is 1.09 bits per heavy atom. The van der Waals surface area contributed by atoms with E-state index in [1.54, 1.807) is 0 Å². The Hall–Kier alpha value is -1.29. The summed E-state index contributed by atoms with van der Waals surface area (Å²) in [4.78, 5) is 2.45. The predicted octanol–water partition coefficient (Wildman–Crippen LogP) is 4.15. The minimum atomic E-state index is 0.521. The van der Waals surface area contributed by atoms with Gasteiger partial charge in [0.1, 0.15) is 0 Å². The van der Waals surface area contributed by atoms with E-state index in [1.165, 1.54) is 44.2 Å². The first-order chi connectivity index (χ1) is 10.7. The first kappa shape index (κ1) is 15.6. The Bertz CT molecular complexity index is 511. The van der Waals surface area contributed by atoms with Gasteiger partial charge in [0.05, 0.1) is 11.4 Å². The molecule has 4 heteroatoms. The van der Waals surface area contributed by atoms with Gasteiger partial charge in [0, 0.05) is 19.1 Å². The molecule has 120 valence electrons. The number of hydrogen-bond donors (Lipinski definition) is 2. The third-order valence-electron chi connectivity index (χ3n) is 5.03. The molecule has 2 atom stereocenters. The standard InChI is InChI=1S/C18H27N3S/c1-14-8-2-3-9-15(14)19-18(22)20-16-10-4-5-11-17(16)21-12-6-7-13-21/h4-5,10-11,14-15H,2-3,6-9,12-13H2,1H3,(H2,19,20,22)/t14-,15-/m1/s1. The minimum Gasteiger partial charge on any atom is -0.370 e. The van der Waals surface area contributed by atoms with Crippen LogP contribution in [0.15, 0.2) is 24.3 Å². The van der Waals surface area contributed by atoms with Crippen LogP contribution in [0.3, 0.4) is 0 Å². The number of hydrogen-bond acceptors (Lipinski definition) is 2. The summed E-state index contributed by atoms with van der Waals surface area (Å²) in [6, 6.07) is 9.03. The lowest BCUT2D eigenvalue weighted by molar-refractivity contribution is 0.309. The van der Waals surface area contributed by atoms with Crippen molar-refractivity contribution in [3.8, 4) is 0 Å². The van der Waals surface area contributed by atoms with Crippen LogP contribution in [0.1, 0.15) is 45.4 Å². The van der Waals surface area contributed by atoms with E-state index < -0.39 is 0 Å². The largest absolute Gasteiger partial charge is 0.370 e. The third-order valence-corrected chi connectivity index (χ3v) is 5.25. The van der Waals surface area contributed by atoms with Crippen LogP contribution in [0.2, 0.25) is 0 Å². The highest BCUT2D eigenvalue weighted by atomic mass is 32.1. The lowest BCUT2D eigenvalue weighted by Crippen LogP contribution is -2.43. The second-order valence-electron chi connectivity index (χ2n) is 6.68. The summed E-state index contributed by atoms with van der Waals surface area (Å²) in [6.45, 7) is 4.63. The smallest absolute Gasteiger partial charge is 0.171 e. The maximum Gasteiger partial charge on any atom is 0.171 e. The van der Waals surface area contributed by atoms with Crippen molar-refractivity contribution in [2.45, 2.75) is 51.5 Å². The van der Waals surface area contributed by atoms with Gasteiger partial charge in [-0.25, -0.2) is 0 Å². The van der Waals surface area contributed by atoms with Crippen molar-refractivity contribution in [1.82, 2.24) is 5.32 Å². The highest BCUT2D eigenvalue weighted by molar-refractivity contribution is 7.80. The van der Waals surface area contributed by atoms with E-state index in [0.29, 0.717) is 12.0 Å². The maximum atomic E-state index is 5.56. The molecule has 1 aromatic carbocycles. The number of benzene rings is 1. The van der Waals surface area contributed by atoms with Gasteiger partial charge < -0.3 is 15.5 Å². The Labute approximate surface area is 139 Å². The average molecular weight is 318 g/mol. The van der Waals surface area contributed by atoms with E-state index in [-0.39, 0.29) is 0 Å². The molecule has 2 N–H and O–H groups in total. The lowest BCUT2D eigenvalue weighted by Gasteiger charge is -2.31. The molecule has 0 unspecified atom stereocenters. The summed E-state index contributed by atoms with van der Waals surface area (Å²) in [5.74, 6) is 0.710. The predicted molar refractivity (Wildman–Crippen MR) is 98.7 cm³/mol. The summed E-state index contributed by atoms with van der Waals surface area (Å²) in [5.41, 5.74) is 2.41. The Kier molecular flexibility index (Phi) is 5.19. The van der Waals surface area contributed by atoms with Gasteiger partial charge in [0.25, 0.3) is 0 Å². The van der Waals surface area contributed by atoms with Gasteiger partial charge in [-0.15, -0.1) is 0 Å². The molecule has 0 amide bonds. The van der Waals surface area contributed by atoms with Gasteiger partial charge >= 0.3 is 0 Å². The zero-order chi connectivity index (χ0) is 15.4. The maximum absolute atomic E-state index is 5.56. The molecule has 22 heavy (non-hydrogen) atoms. The number of para-hydroxylation sites is 2. The molecule has 0 spiro atoms. The second-order valence-corrected chi connectivity index (χ2v) is 7.09. The van der Waals surface area contributed by atoms with Gasteiger partial charge in [-0.05, 0) is 56.0 Å². The van der Waals surface area contributed by atoms with E-state index in [4.69, 9.17) is 12.2 Å². The number of rotatable bonds is 3. The van der Waals surface area contributed by atoms with Crippen LogP contribution in [0.5, 0.6) is 0 Å². The van der Waals surface area contributed by atoms with Crippen molar-refractivity contribution in [2.75, 3.05) is 23.3 Å². The summed E-state index contributed by atoms with van der Waals surface area (Å²) in [5, 5.41) is 7.74. The van der Waals surface area contributed by atoms with E-state index in [1.807, 2.05) is 0 Å². The fourth-order valence-corrected chi connectivity index (χ4v) is 3.93. The third kappa shape index (κ3) is 3.72. The van der Waals surface area contributed by atoms with Crippen molar-refractivity contribution in [1.29, 1.82) is 0 Å². The highest BCUT2D eigenvalue weighted by Crippen LogP contribution is 2.29. The van der Waals surface area contributed by atoms with Crippen molar-refractivity contribution < 1.29 is 0 Å². The Balaban J connectivity index is 1.63. The van der Waals surface area contributed by atoms with Crippen LogP contribution < -0.4 is 15.5 Å². The second kappa shape index (κ2) is 7.32. The summed E-state index contributed by atoms with van der Waals surface area (Å²) in [7, 11) is 0. The molecule has 1 saturated heterocycles. The molecule has 1 aromatic rings. The molecule has 1 aliphatic heterocycles. The summed E-state index contributed by atoms with van der Waals surface area (Å²) < 4.78 is 0. The Morgan fingerprint density at radius 2 is 1.82 bits per heavy atom. The van der Waals surface area contributed by atoms with Crippen LogP contribution in [0.25, 0.3) is 0 Å². The molecule has 3 nitrogen and oxygen atoms in total. The van der Waals surface area contributed by atoms with Crippen LogP contribution in [0, 0.1) is 5.92 Å². The number of nitrogens with zero attached hydrogens (tertiary/aromatic N) is 1. The van der Waals surface area contributed by atoms with Gasteiger partial charge in [-0.2, -0.15) is 0 Å². The van der Waals surface area contributed by atoms with Crippen LogP contribution in [0.4, 0.5) is 11.4 Å². The van der Waals surface area contributed by atoms with Gasteiger partial charge in [-0.3, -0.25) is 0 Å². The Morgan fingerprint density at radius 3 is 2.59 bits per heavy atom. The minimum absolute atomic E-state index is 0.521. The van der Waals surface area contributed by atoms with E-state index >= 15 is 0 Å². The SMILES string of the molecule is C[C@@H]1CCCC[C@H]1NC(=S)Nc1ccccc1N1CCCC1. The molecular formula is C18H27N3S. The number of thiocarbonyl (C=S) groups is 1. The van der Waals surface area contributed by atoms with E-state index in [9.17, 15) is 0 Å². The monoisotopic (exact) mass is 317 g/mol. The quantitative estimate of drug-likeness (QED) is 0.819. The topological polar surface area (TPSA) is 27.3 Å². The first-order valence-electron chi connectivity index (χ1n) is 8.65. The molecule has 2 aliphatic rings. The number of nitrogens with one attached hydrogen (secondary N) is 2. The van der Waals surface area contributed by atoms with Crippen molar-refractivity contribution in [3.05, 3.63) is 24.3 Å². The summed E-state index contributed by atoms with van der Waals surface area (Å²) in [6.07, 6.45) is 7.79. The molecule has 2 fully saturated rings. The molecular weight excluding hydrogens is 290 g/mol. The van der Waals surface area contributed by atoms with Gasteiger partial charge in [0.2, 0.25) is 0 Å². The van der Waals surface area contributed by atoms with Gasteiger partial charge in [0.15, 0.2) is 5.11 Å².